The van der Waals surface area contributed by atoms with Crippen LogP contribution in [0.2, 0.25) is 5.02 Å². The van der Waals surface area contributed by atoms with Gasteiger partial charge in [-0.2, -0.15) is 0 Å². The van der Waals surface area contributed by atoms with Gasteiger partial charge in [-0.1, -0.05) is 11.6 Å². The Morgan fingerprint density at radius 3 is 2.32 bits per heavy atom. The molecular weight excluding hydrogens is 260 g/mol. The van der Waals surface area contributed by atoms with Crippen LogP contribution in [0.25, 0.3) is 5.69 Å². The van der Waals surface area contributed by atoms with Crippen LogP contribution in [0.1, 0.15) is 25.1 Å². The molecule has 2 N–H and O–H groups in total. The van der Waals surface area contributed by atoms with Crippen molar-refractivity contribution >= 4 is 11.6 Å². The van der Waals surface area contributed by atoms with E-state index < -0.39 is 5.54 Å². The van der Waals surface area contributed by atoms with Crippen molar-refractivity contribution in [3.63, 3.8) is 0 Å². The number of aryl methyl sites for hydroxylation is 1. The minimum Gasteiger partial charge on any atom is -0.322 e. The highest BCUT2D eigenvalue weighted by atomic mass is 35.5. The van der Waals surface area contributed by atoms with Gasteiger partial charge in [0.1, 0.15) is 0 Å². The van der Waals surface area contributed by atoms with Crippen molar-refractivity contribution in [2.45, 2.75) is 26.3 Å². The molecule has 1 aromatic heterocycles. The summed E-state index contributed by atoms with van der Waals surface area (Å²) >= 11 is 5.89. The van der Waals surface area contributed by atoms with E-state index in [4.69, 9.17) is 17.3 Å². The molecule has 1 heterocycles. The highest BCUT2D eigenvalue weighted by Crippen LogP contribution is 2.18. The van der Waals surface area contributed by atoms with Crippen LogP contribution < -0.4 is 11.2 Å². The molecule has 1 aromatic carbocycles. The molecule has 0 spiro atoms. The van der Waals surface area contributed by atoms with Crippen LogP contribution in [0.15, 0.2) is 41.3 Å². The van der Waals surface area contributed by atoms with Crippen molar-refractivity contribution < 1.29 is 0 Å². The lowest BCUT2D eigenvalue weighted by Gasteiger charge is -2.21. The highest BCUT2D eigenvalue weighted by molar-refractivity contribution is 6.30. The molecule has 0 aliphatic heterocycles. The van der Waals surface area contributed by atoms with E-state index in [2.05, 4.69) is 0 Å². The zero-order valence-electron chi connectivity index (χ0n) is 11.3. The largest absolute Gasteiger partial charge is 0.322 e. The Labute approximate surface area is 117 Å². The molecular formula is C15H17ClN2O. The summed E-state index contributed by atoms with van der Waals surface area (Å²) in [6, 6.07) is 9.07. The van der Waals surface area contributed by atoms with Gasteiger partial charge >= 0.3 is 0 Å². The van der Waals surface area contributed by atoms with E-state index in [-0.39, 0.29) is 5.43 Å². The van der Waals surface area contributed by atoms with Gasteiger partial charge in [0.25, 0.3) is 0 Å². The van der Waals surface area contributed by atoms with Gasteiger partial charge in [-0.15, -0.1) is 0 Å². The fraction of sp³-hybridized carbons (Fsp3) is 0.267. The van der Waals surface area contributed by atoms with Crippen LogP contribution in [-0.4, -0.2) is 4.57 Å². The molecule has 0 aliphatic rings. The average molecular weight is 277 g/mol. The third kappa shape index (κ3) is 2.88. The lowest BCUT2D eigenvalue weighted by Crippen LogP contribution is -2.35. The summed E-state index contributed by atoms with van der Waals surface area (Å²) in [7, 11) is 0. The molecule has 0 radical (unpaired) electrons. The van der Waals surface area contributed by atoms with Crippen LogP contribution in [0.4, 0.5) is 0 Å². The van der Waals surface area contributed by atoms with Gasteiger partial charge in [0.2, 0.25) is 0 Å². The molecule has 19 heavy (non-hydrogen) atoms. The first-order valence-corrected chi connectivity index (χ1v) is 6.45. The first-order valence-electron chi connectivity index (χ1n) is 6.07. The van der Waals surface area contributed by atoms with Crippen LogP contribution >= 0.6 is 11.6 Å². The number of hydrogen-bond acceptors (Lipinski definition) is 2. The summed E-state index contributed by atoms with van der Waals surface area (Å²) in [5.41, 5.74) is 7.75. The van der Waals surface area contributed by atoms with Crippen LogP contribution in [0.5, 0.6) is 0 Å². The Morgan fingerprint density at radius 1 is 1.21 bits per heavy atom. The fourth-order valence-electron chi connectivity index (χ4n) is 2.00. The van der Waals surface area contributed by atoms with E-state index in [1.807, 2.05) is 49.6 Å². The van der Waals surface area contributed by atoms with Crippen LogP contribution in [0, 0.1) is 6.92 Å². The zero-order valence-corrected chi connectivity index (χ0v) is 12.0. The number of benzene rings is 1. The number of pyridine rings is 1. The van der Waals surface area contributed by atoms with E-state index >= 15 is 0 Å². The minimum atomic E-state index is -0.668. The third-order valence-corrected chi connectivity index (χ3v) is 3.29. The van der Waals surface area contributed by atoms with E-state index in [1.54, 1.807) is 12.3 Å². The molecule has 0 unspecified atom stereocenters. The van der Waals surface area contributed by atoms with Gasteiger partial charge in [-0.3, -0.25) is 4.79 Å². The van der Waals surface area contributed by atoms with Gasteiger partial charge < -0.3 is 10.3 Å². The topological polar surface area (TPSA) is 48.0 Å². The summed E-state index contributed by atoms with van der Waals surface area (Å²) in [6.45, 7) is 5.54. The first-order chi connectivity index (χ1) is 8.79. The average Bonchev–Trinajstić information content (AvgIpc) is 2.29. The second-order valence-corrected chi connectivity index (χ2v) is 5.70. The van der Waals surface area contributed by atoms with E-state index in [1.165, 1.54) is 0 Å². The summed E-state index contributed by atoms with van der Waals surface area (Å²) in [4.78, 5) is 12.0. The normalized spacial score (nSPS) is 11.6. The van der Waals surface area contributed by atoms with E-state index in [9.17, 15) is 4.79 Å². The zero-order chi connectivity index (χ0) is 14.2. The van der Waals surface area contributed by atoms with Gasteiger partial charge in [0.05, 0.1) is 0 Å². The number of rotatable bonds is 2. The Kier molecular flexibility index (Phi) is 3.52. The van der Waals surface area contributed by atoms with Crippen molar-refractivity contribution in [1.82, 2.24) is 4.57 Å². The summed E-state index contributed by atoms with van der Waals surface area (Å²) in [5, 5.41) is 0.682. The lowest BCUT2D eigenvalue weighted by atomic mass is 9.96. The quantitative estimate of drug-likeness (QED) is 0.917. The first kappa shape index (κ1) is 13.8. The standard InChI is InChI=1S/C15H17ClN2O/c1-10-8-14(19)13(15(2,3)17)9-18(10)12-6-4-11(16)5-7-12/h4-9H,17H2,1-3H3. The monoisotopic (exact) mass is 276 g/mol. The van der Waals surface area contributed by atoms with Crippen LogP contribution in [-0.2, 0) is 5.54 Å². The molecule has 100 valence electrons. The van der Waals surface area contributed by atoms with Crippen molar-refractivity contribution in [2.75, 3.05) is 0 Å². The molecule has 2 aromatic rings. The smallest absolute Gasteiger partial charge is 0.186 e. The Balaban J connectivity index is 2.64. The van der Waals surface area contributed by atoms with Gasteiger partial charge in [-0.05, 0) is 45.0 Å². The minimum absolute atomic E-state index is 0.0322. The second-order valence-electron chi connectivity index (χ2n) is 5.26. The van der Waals surface area contributed by atoms with Crippen molar-refractivity contribution in [3.05, 3.63) is 63.0 Å². The third-order valence-electron chi connectivity index (χ3n) is 3.04. The number of halogens is 1. The Bertz CT molecular complexity index is 651. The molecule has 4 heteroatoms. The Morgan fingerprint density at radius 2 is 1.79 bits per heavy atom. The number of nitrogens with zero attached hydrogens (tertiary/aromatic N) is 1. The SMILES string of the molecule is Cc1cc(=O)c(C(C)(C)N)cn1-c1ccc(Cl)cc1. The van der Waals surface area contributed by atoms with Gasteiger partial charge in [0, 0.05) is 39.8 Å². The predicted octanol–water partition coefficient (Wildman–Crippen LogP) is 2.99. The molecule has 0 aliphatic carbocycles. The lowest BCUT2D eigenvalue weighted by molar-refractivity contribution is 0.544. The summed E-state index contributed by atoms with van der Waals surface area (Å²) in [6.07, 6.45) is 1.81. The molecule has 3 nitrogen and oxygen atoms in total. The maximum Gasteiger partial charge on any atom is 0.186 e. The second kappa shape index (κ2) is 4.83. The molecule has 0 saturated carbocycles. The predicted molar refractivity (Wildman–Crippen MR) is 79.0 cm³/mol. The van der Waals surface area contributed by atoms with Crippen molar-refractivity contribution in [3.8, 4) is 5.69 Å². The summed E-state index contributed by atoms with van der Waals surface area (Å²) in [5.74, 6) is 0. The molecule has 0 saturated heterocycles. The molecule has 2 rings (SSSR count). The summed E-state index contributed by atoms with van der Waals surface area (Å²) < 4.78 is 1.95. The highest BCUT2D eigenvalue weighted by Gasteiger charge is 2.19. The van der Waals surface area contributed by atoms with Gasteiger partial charge in [0.15, 0.2) is 5.43 Å². The van der Waals surface area contributed by atoms with Crippen LogP contribution in [0.3, 0.4) is 0 Å². The number of aromatic nitrogens is 1. The van der Waals surface area contributed by atoms with Crippen molar-refractivity contribution in [2.24, 2.45) is 5.73 Å². The van der Waals surface area contributed by atoms with Crippen molar-refractivity contribution in [1.29, 1.82) is 0 Å². The number of hydrogen-bond donors (Lipinski definition) is 1. The fourth-order valence-corrected chi connectivity index (χ4v) is 2.12. The maximum absolute atomic E-state index is 12.0. The molecule has 0 amide bonds. The molecule has 0 fully saturated rings. The Hall–Kier alpha value is -1.58. The number of nitrogens with two attached hydrogens (primary N) is 1. The molecule has 0 bridgehead atoms. The van der Waals surface area contributed by atoms with E-state index in [0.717, 1.165) is 11.4 Å². The molecule has 0 atom stereocenters. The van der Waals surface area contributed by atoms with E-state index in [0.29, 0.717) is 10.6 Å². The van der Waals surface area contributed by atoms with Gasteiger partial charge in [-0.25, -0.2) is 0 Å². The maximum atomic E-state index is 12.0.